The summed E-state index contributed by atoms with van der Waals surface area (Å²) in [6.07, 6.45) is 3.15. The first-order valence-corrected chi connectivity index (χ1v) is 3.62. The standard InChI is InChI=1S/C7H11NO.ClH/c9-7-3-6-2-1-5(7)4-8-6;/h5-6,8H,1-4H2;1H. The fourth-order valence-electron chi connectivity index (χ4n) is 1.77. The summed E-state index contributed by atoms with van der Waals surface area (Å²) in [4.78, 5) is 11.0. The average molecular weight is 162 g/mol. The lowest BCUT2D eigenvalue weighted by Gasteiger charge is -2.35. The maximum absolute atomic E-state index is 11.0. The molecule has 0 radical (unpaired) electrons. The smallest absolute Gasteiger partial charge is 0.138 e. The summed E-state index contributed by atoms with van der Waals surface area (Å²) in [7, 11) is 0. The fraction of sp³-hybridized carbons (Fsp3) is 0.857. The predicted molar refractivity (Wildman–Crippen MR) is 41.4 cm³/mol. The van der Waals surface area contributed by atoms with Crippen molar-refractivity contribution in [2.75, 3.05) is 6.54 Å². The number of ketones is 1. The molecule has 2 nitrogen and oxygen atoms in total. The molecule has 0 aromatic heterocycles. The molecule has 1 saturated carbocycles. The molecule has 1 N–H and O–H groups in total. The van der Waals surface area contributed by atoms with Gasteiger partial charge in [-0.1, -0.05) is 0 Å². The normalized spacial score (nSPS) is 37.4. The summed E-state index contributed by atoms with van der Waals surface area (Å²) in [5, 5.41) is 3.33. The van der Waals surface area contributed by atoms with Gasteiger partial charge in [-0.2, -0.15) is 0 Å². The lowest BCUT2D eigenvalue weighted by molar-refractivity contribution is -0.127. The van der Waals surface area contributed by atoms with Crippen LogP contribution in [-0.2, 0) is 4.79 Å². The Morgan fingerprint density at radius 1 is 1.40 bits per heavy atom. The van der Waals surface area contributed by atoms with Crippen LogP contribution in [0.15, 0.2) is 0 Å². The highest BCUT2D eigenvalue weighted by Gasteiger charge is 2.33. The number of hydrogen-bond acceptors (Lipinski definition) is 2. The first kappa shape index (κ1) is 8.02. The van der Waals surface area contributed by atoms with Crippen LogP contribution in [0.2, 0.25) is 0 Å². The first-order valence-electron chi connectivity index (χ1n) is 3.62. The minimum absolute atomic E-state index is 0. The van der Waals surface area contributed by atoms with Crippen molar-refractivity contribution in [1.82, 2.24) is 5.32 Å². The third-order valence-electron chi connectivity index (χ3n) is 2.42. The summed E-state index contributed by atoms with van der Waals surface area (Å²) < 4.78 is 0. The lowest BCUT2D eigenvalue weighted by Crippen LogP contribution is -2.49. The molecule has 10 heavy (non-hydrogen) atoms. The quantitative estimate of drug-likeness (QED) is 0.568. The minimum atomic E-state index is 0. The van der Waals surface area contributed by atoms with Crippen molar-refractivity contribution in [2.24, 2.45) is 5.92 Å². The van der Waals surface area contributed by atoms with Crippen LogP contribution >= 0.6 is 12.4 Å². The summed E-state index contributed by atoms with van der Waals surface area (Å²) in [6.45, 7) is 0.948. The van der Waals surface area contributed by atoms with Gasteiger partial charge < -0.3 is 5.32 Å². The maximum atomic E-state index is 11.0. The van der Waals surface area contributed by atoms with Crippen LogP contribution in [0.3, 0.4) is 0 Å². The molecular formula is C7H12ClNO. The Morgan fingerprint density at radius 3 is 2.40 bits per heavy atom. The van der Waals surface area contributed by atoms with E-state index in [2.05, 4.69) is 5.32 Å². The molecule has 1 aliphatic carbocycles. The van der Waals surface area contributed by atoms with Gasteiger partial charge in [0.25, 0.3) is 0 Å². The van der Waals surface area contributed by atoms with Crippen LogP contribution in [-0.4, -0.2) is 18.4 Å². The number of Topliss-reactive ketones (excluding diaryl/α,β-unsaturated/α-hetero) is 1. The number of rotatable bonds is 0. The summed E-state index contributed by atoms with van der Waals surface area (Å²) in [6, 6.07) is 0.530. The largest absolute Gasteiger partial charge is 0.313 e. The number of carbonyl (C=O) groups is 1. The van der Waals surface area contributed by atoms with Crippen LogP contribution in [0.5, 0.6) is 0 Å². The molecule has 0 aromatic carbocycles. The van der Waals surface area contributed by atoms with Crippen molar-refractivity contribution in [3.8, 4) is 0 Å². The van der Waals surface area contributed by atoms with Crippen molar-refractivity contribution in [1.29, 1.82) is 0 Å². The monoisotopic (exact) mass is 161 g/mol. The number of nitrogens with one attached hydrogen (secondary N) is 1. The van der Waals surface area contributed by atoms with E-state index in [0.29, 0.717) is 17.7 Å². The molecule has 3 aliphatic rings. The van der Waals surface area contributed by atoms with Gasteiger partial charge in [0.2, 0.25) is 0 Å². The second-order valence-electron chi connectivity index (χ2n) is 3.05. The molecule has 2 aliphatic heterocycles. The molecule has 0 amide bonds. The van der Waals surface area contributed by atoms with Gasteiger partial charge in [-0.3, -0.25) is 4.79 Å². The molecular weight excluding hydrogens is 150 g/mol. The van der Waals surface area contributed by atoms with Crippen LogP contribution in [0, 0.1) is 5.92 Å². The zero-order chi connectivity index (χ0) is 6.27. The number of halogens is 1. The Kier molecular flexibility index (Phi) is 2.32. The zero-order valence-corrected chi connectivity index (χ0v) is 6.62. The van der Waals surface area contributed by atoms with Crippen molar-refractivity contribution in [2.45, 2.75) is 25.3 Å². The molecule has 2 atom stereocenters. The van der Waals surface area contributed by atoms with Gasteiger partial charge in [0.1, 0.15) is 5.78 Å². The van der Waals surface area contributed by atoms with E-state index in [0.717, 1.165) is 19.4 Å². The third-order valence-corrected chi connectivity index (χ3v) is 2.42. The van der Waals surface area contributed by atoms with Gasteiger partial charge in [-0.25, -0.2) is 0 Å². The van der Waals surface area contributed by atoms with Crippen LogP contribution in [0.4, 0.5) is 0 Å². The van der Waals surface area contributed by atoms with E-state index in [4.69, 9.17) is 0 Å². The van der Waals surface area contributed by atoms with E-state index in [1.165, 1.54) is 6.42 Å². The molecule has 3 heteroatoms. The first-order chi connectivity index (χ1) is 4.36. The highest BCUT2D eigenvalue weighted by molar-refractivity contribution is 5.85. The highest BCUT2D eigenvalue weighted by Crippen LogP contribution is 2.25. The van der Waals surface area contributed by atoms with Gasteiger partial charge in [-0.05, 0) is 12.8 Å². The third kappa shape index (κ3) is 1.18. The molecule has 2 bridgehead atoms. The van der Waals surface area contributed by atoms with E-state index in [-0.39, 0.29) is 12.4 Å². The second-order valence-corrected chi connectivity index (χ2v) is 3.05. The number of fused-ring (bicyclic) bond motifs is 3. The number of hydrogen-bond donors (Lipinski definition) is 1. The van der Waals surface area contributed by atoms with Crippen molar-refractivity contribution < 1.29 is 4.79 Å². The lowest BCUT2D eigenvalue weighted by atomic mass is 9.81. The molecule has 2 saturated heterocycles. The highest BCUT2D eigenvalue weighted by atomic mass is 35.5. The minimum Gasteiger partial charge on any atom is -0.313 e. The zero-order valence-electron chi connectivity index (χ0n) is 5.80. The molecule has 2 heterocycles. The summed E-state index contributed by atoms with van der Waals surface area (Å²) in [5.41, 5.74) is 0. The Balaban J connectivity index is 0.000000500. The Hall–Kier alpha value is -0.0800. The summed E-state index contributed by atoms with van der Waals surface area (Å²) in [5.74, 6) is 0.861. The molecule has 3 rings (SSSR count). The van der Waals surface area contributed by atoms with Gasteiger partial charge in [0.05, 0.1) is 0 Å². The fourth-order valence-corrected chi connectivity index (χ4v) is 1.77. The van der Waals surface area contributed by atoms with E-state index >= 15 is 0 Å². The van der Waals surface area contributed by atoms with E-state index in [9.17, 15) is 4.79 Å². The second kappa shape index (κ2) is 2.89. The van der Waals surface area contributed by atoms with Crippen molar-refractivity contribution in [3.63, 3.8) is 0 Å². The van der Waals surface area contributed by atoms with Gasteiger partial charge >= 0.3 is 0 Å². The van der Waals surface area contributed by atoms with Crippen LogP contribution < -0.4 is 5.32 Å². The van der Waals surface area contributed by atoms with E-state index in [1.54, 1.807) is 0 Å². The molecule has 0 spiro atoms. The Labute approximate surface area is 66.8 Å². The van der Waals surface area contributed by atoms with Crippen molar-refractivity contribution in [3.05, 3.63) is 0 Å². The molecule has 3 fully saturated rings. The summed E-state index contributed by atoms with van der Waals surface area (Å²) >= 11 is 0. The topological polar surface area (TPSA) is 29.1 Å². The van der Waals surface area contributed by atoms with Gasteiger partial charge in [0, 0.05) is 24.9 Å². The van der Waals surface area contributed by atoms with Gasteiger partial charge in [0.15, 0.2) is 0 Å². The molecule has 58 valence electrons. The Morgan fingerprint density at radius 2 is 2.20 bits per heavy atom. The SMILES string of the molecule is Cl.O=C1CC2CCC1CN2. The number of piperidine rings is 2. The van der Waals surface area contributed by atoms with Crippen LogP contribution in [0.1, 0.15) is 19.3 Å². The van der Waals surface area contributed by atoms with Crippen molar-refractivity contribution >= 4 is 18.2 Å². The molecule has 0 aromatic rings. The van der Waals surface area contributed by atoms with Crippen LogP contribution in [0.25, 0.3) is 0 Å². The average Bonchev–Trinajstić information content (AvgIpc) is 1.90. The van der Waals surface area contributed by atoms with Gasteiger partial charge in [-0.15, -0.1) is 12.4 Å². The van der Waals surface area contributed by atoms with E-state index < -0.39 is 0 Å². The van der Waals surface area contributed by atoms with E-state index in [1.807, 2.05) is 0 Å². The maximum Gasteiger partial charge on any atom is 0.138 e. The molecule has 2 unspecified atom stereocenters. The number of carbonyl (C=O) groups excluding carboxylic acids is 1. The Bertz CT molecular complexity index is 141. The predicted octanol–water partition coefficient (Wildman–Crippen LogP) is 0.749.